The van der Waals surface area contributed by atoms with Gasteiger partial charge in [0.2, 0.25) is 0 Å². The van der Waals surface area contributed by atoms with Crippen LogP contribution in [0.1, 0.15) is 110 Å². The first-order valence-electron chi connectivity index (χ1n) is 28.8. The van der Waals surface area contributed by atoms with Gasteiger partial charge in [0, 0.05) is 88.7 Å². The van der Waals surface area contributed by atoms with Gasteiger partial charge in [-0.25, -0.2) is 39.5 Å². The van der Waals surface area contributed by atoms with Crippen LogP contribution >= 0.6 is 45.8 Å². The molecule has 8 heterocycles. The zero-order chi connectivity index (χ0) is 60.1. The Morgan fingerprint density at radius 1 is 0.628 bits per heavy atom. The van der Waals surface area contributed by atoms with E-state index in [1.54, 1.807) is 30.3 Å². The Morgan fingerprint density at radius 3 is 1.51 bits per heavy atom. The fraction of sp³-hybridized carbons (Fsp3) is 0.544. The second-order valence-electron chi connectivity index (χ2n) is 22.4. The first kappa shape index (κ1) is 64.2. The maximum absolute atomic E-state index is 12.6. The van der Waals surface area contributed by atoms with Crippen molar-refractivity contribution in [2.75, 3.05) is 48.3 Å². The molecular formula is C57H75Cl2IN16O10. The third-order valence-corrected chi connectivity index (χ3v) is 16.9. The van der Waals surface area contributed by atoms with Crippen molar-refractivity contribution in [2.45, 2.75) is 159 Å². The van der Waals surface area contributed by atoms with Gasteiger partial charge in [-0.15, -0.1) is 0 Å². The molecule has 2 aliphatic carbocycles. The SMILES string of the molecule is C.CCCC1CCN(C(=O)Nc2cccc(Cl)c2)CC1.Nc1nc(CCCC2CCN(C(=O)Nc3cccc(Cl)c3)CC2)nc2c1ncn2[C@@H]1O[C@H](C(=O)NC2CC2)C(O)[C@@H]1O.Nc1nc(I)nc2c1ncn2[C@@H]1O[C@H](C(=O)NC2CC2)C(O)[C@@H]1O. The van der Waals surface area contributed by atoms with E-state index in [1.165, 1.54) is 34.6 Å². The zero-order valence-corrected chi connectivity index (χ0v) is 50.4. The number of rotatable bonds is 14. The number of carbonyl (C=O) groups is 4. The van der Waals surface area contributed by atoms with Crippen molar-refractivity contribution >= 4 is 115 Å². The average Bonchev–Trinajstić information content (AvgIpc) is 1.89. The predicted octanol–water partition coefficient (Wildman–Crippen LogP) is 6.16. The number of nitrogens with one attached hydrogen (secondary N) is 4. The molecule has 29 heteroatoms. The van der Waals surface area contributed by atoms with Crippen molar-refractivity contribution in [3.05, 3.63) is 80.9 Å². The molecule has 6 fully saturated rings. The maximum atomic E-state index is 12.6. The number of carbonyl (C=O) groups excluding carboxylic acids is 4. The van der Waals surface area contributed by atoms with Gasteiger partial charge in [0.15, 0.2) is 51.4 Å². The molecule has 6 aliphatic rings. The Labute approximate surface area is 520 Å². The minimum atomic E-state index is -1.39. The summed E-state index contributed by atoms with van der Waals surface area (Å²) in [5, 5.41) is 54.3. The number of nitrogens with zero attached hydrogens (tertiary/aromatic N) is 10. The summed E-state index contributed by atoms with van der Waals surface area (Å²) in [4.78, 5) is 78.9. The molecule has 464 valence electrons. The van der Waals surface area contributed by atoms with E-state index >= 15 is 0 Å². The summed E-state index contributed by atoms with van der Waals surface area (Å²) in [5.41, 5.74) is 14.9. The van der Waals surface area contributed by atoms with Crippen LogP contribution in [0.2, 0.25) is 10.0 Å². The highest BCUT2D eigenvalue weighted by molar-refractivity contribution is 14.1. The summed E-state index contributed by atoms with van der Waals surface area (Å²) in [6.45, 7) is 5.30. The van der Waals surface area contributed by atoms with E-state index in [-0.39, 0.29) is 43.2 Å². The quantitative estimate of drug-likeness (QED) is 0.0431. The van der Waals surface area contributed by atoms with Crippen molar-refractivity contribution in [3.63, 3.8) is 0 Å². The van der Waals surface area contributed by atoms with E-state index in [0.29, 0.717) is 73.1 Å². The van der Waals surface area contributed by atoms with Crippen molar-refractivity contribution < 1.29 is 49.1 Å². The van der Waals surface area contributed by atoms with Crippen LogP contribution in [-0.4, -0.2) is 168 Å². The van der Waals surface area contributed by atoms with E-state index in [2.05, 4.69) is 58.1 Å². The fourth-order valence-corrected chi connectivity index (χ4v) is 11.8. The first-order chi connectivity index (χ1) is 40.9. The molecule has 4 aliphatic heterocycles. The van der Waals surface area contributed by atoms with Gasteiger partial charge < -0.3 is 72.4 Å². The van der Waals surface area contributed by atoms with E-state index in [0.717, 1.165) is 88.9 Å². The average molecular weight is 1340 g/mol. The molecule has 12 N–H and O–H groups in total. The number of hydrogen-bond acceptors (Lipinski definition) is 18. The third-order valence-electron chi connectivity index (χ3n) is 16.0. The number of anilines is 4. The van der Waals surface area contributed by atoms with E-state index in [4.69, 9.17) is 44.1 Å². The van der Waals surface area contributed by atoms with Gasteiger partial charge in [0.25, 0.3) is 11.8 Å². The molecule has 0 spiro atoms. The molecule has 12 rings (SSSR count). The summed E-state index contributed by atoms with van der Waals surface area (Å²) in [5.74, 6) is 1.35. The van der Waals surface area contributed by atoms with Gasteiger partial charge in [-0.05, 0) is 112 Å². The molecule has 0 radical (unpaired) electrons. The largest absolute Gasteiger partial charge is 0.387 e. The Balaban J connectivity index is 0.000000169. The van der Waals surface area contributed by atoms with Crippen LogP contribution in [0.15, 0.2) is 61.2 Å². The Bertz CT molecular complexity index is 3340. The number of hydrogen-bond donors (Lipinski definition) is 10. The number of piperidine rings is 2. The molecule has 8 atom stereocenters. The van der Waals surface area contributed by atoms with E-state index in [1.807, 2.05) is 50.6 Å². The highest BCUT2D eigenvalue weighted by atomic mass is 127. The van der Waals surface area contributed by atoms with Gasteiger partial charge in [-0.1, -0.05) is 62.5 Å². The Hall–Kier alpha value is -6.31. The standard InChI is InChI=1S/C28H35ClN8O5.C15H21ClN2O.C13H15IN6O4.CH4/c29-16-4-2-5-18(13-16)33-28(41)36-11-9-15(10-12-36)3-1-6-19-34-24(30)20-25(35-19)37(14-31-20)27-22(39)21(38)23(42-27)26(40)32-17-7-8-17;1-2-4-12-7-9-18(10-8-12)15(19)17-14-6-3-5-13(16)11-14;14-13-18-9(15)5-10(19-13)20(3-16-5)12-7(22)6(21)8(24-12)11(23)17-4-1-2-4;/h2,4-5,13-15,17,21-23,27,38-39H,1,3,6-12H2,(H,32,40)(H,33,41)(H2,30,34,35);3,5-6,11-12H,2,4,7-10H2,1H3,(H,17,19);3-4,6-8,12,21-22H,1-2H2,(H,17,23)(H2,15,18,19);1H4/t21?,22-,23-,27+;;6?,7-,8-,12+;/m0.0./s1. The number of ether oxygens (including phenoxy) is 2. The molecule has 86 heavy (non-hydrogen) atoms. The maximum Gasteiger partial charge on any atom is 0.321 e. The number of halogens is 3. The number of amides is 6. The van der Waals surface area contributed by atoms with Crippen LogP contribution in [0.3, 0.4) is 0 Å². The van der Waals surface area contributed by atoms with Crippen molar-refractivity contribution in [1.82, 2.24) is 59.5 Å². The van der Waals surface area contributed by atoms with Crippen LogP contribution < -0.4 is 32.7 Å². The van der Waals surface area contributed by atoms with Crippen LogP contribution in [0.25, 0.3) is 22.3 Å². The van der Waals surface area contributed by atoms with Crippen molar-refractivity contribution in [2.24, 2.45) is 11.8 Å². The lowest BCUT2D eigenvalue weighted by molar-refractivity contribution is -0.138. The molecule has 2 unspecified atom stereocenters. The Morgan fingerprint density at radius 2 is 1.07 bits per heavy atom. The van der Waals surface area contributed by atoms with Gasteiger partial charge in [-0.2, -0.15) is 0 Å². The number of fused-ring (bicyclic) bond motifs is 2. The normalized spacial score (nSPS) is 24.0. The van der Waals surface area contributed by atoms with Gasteiger partial charge in [0.05, 0.1) is 12.7 Å². The molecule has 26 nitrogen and oxygen atoms in total. The number of aromatic nitrogens is 8. The molecule has 4 saturated heterocycles. The lowest BCUT2D eigenvalue weighted by Crippen LogP contribution is -2.43. The van der Waals surface area contributed by atoms with Crippen molar-refractivity contribution in [1.29, 1.82) is 0 Å². The van der Waals surface area contributed by atoms with Crippen LogP contribution in [-0.2, 0) is 25.5 Å². The van der Waals surface area contributed by atoms with Gasteiger partial charge >= 0.3 is 12.1 Å². The second kappa shape index (κ2) is 28.7. The lowest BCUT2D eigenvalue weighted by Gasteiger charge is -2.32. The molecule has 0 bridgehead atoms. The summed E-state index contributed by atoms with van der Waals surface area (Å²) in [6.07, 6.45) is 5.63. The highest BCUT2D eigenvalue weighted by Gasteiger charge is 2.50. The zero-order valence-electron chi connectivity index (χ0n) is 46.7. The summed E-state index contributed by atoms with van der Waals surface area (Å²) in [6, 6.07) is 14.5. The van der Waals surface area contributed by atoms with Gasteiger partial charge in [-0.3, -0.25) is 18.7 Å². The number of benzene rings is 2. The summed E-state index contributed by atoms with van der Waals surface area (Å²) in [7, 11) is 0. The van der Waals surface area contributed by atoms with Crippen LogP contribution in [0, 0.1) is 15.7 Å². The number of aliphatic hydroxyl groups is 4. The number of aliphatic hydroxyl groups excluding tert-OH is 4. The van der Waals surface area contributed by atoms with Crippen LogP contribution in [0.4, 0.5) is 32.6 Å². The number of aryl methyl sites for hydroxylation is 1. The summed E-state index contributed by atoms with van der Waals surface area (Å²) >= 11 is 13.8. The number of likely N-dealkylation sites (tertiary alicyclic amines) is 2. The topological polar surface area (TPSA) is 362 Å². The minimum absolute atomic E-state index is 0. The number of imidazole rings is 2. The van der Waals surface area contributed by atoms with Gasteiger partial charge in [0.1, 0.15) is 41.3 Å². The molecule has 2 saturated carbocycles. The highest BCUT2D eigenvalue weighted by Crippen LogP contribution is 2.36. The monoisotopic (exact) mass is 1340 g/mol. The van der Waals surface area contributed by atoms with Crippen LogP contribution in [0.5, 0.6) is 0 Å². The molecule has 6 amide bonds. The smallest absolute Gasteiger partial charge is 0.321 e. The molecule has 2 aromatic carbocycles. The third kappa shape index (κ3) is 15.7. The van der Waals surface area contributed by atoms with E-state index in [9.17, 15) is 39.6 Å². The predicted molar refractivity (Wildman–Crippen MR) is 330 cm³/mol. The summed E-state index contributed by atoms with van der Waals surface area (Å²) < 4.78 is 14.8. The molecule has 4 aromatic heterocycles. The molecular weight excluding hydrogens is 1270 g/mol. The lowest BCUT2D eigenvalue weighted by atomic mass is 9.91. The molecule has 6 aromatic rings. The number of nitrogen functional groups attached to an aromatic ring is 2. The minimum Gasteiger partial charge on any atom is -0.387 e. The fourth-order valence-electron chi connectivity index (χ4n) is 11.0. The number of urea groups is 2. The Kier molecular flexibility index (Phi) is 21.4. The van der Waals surface area contributed by atoms with Crippen molar-refractivity contribution in [3.8, 4) is 0 Å². The number of nitrogens with two attached hydrogens (primary N) is 2. The van der Waals surface area contributed by atoms with E-state index < -0.39 is 60.9 Å². The second-order valence-corrected chi connectivity index (χ2v) is 24.2. The first-order valence-corrected chi connectivity index (χ1v) is 30.7.